The number of halogens is 1. The molecule has 5 heteroatoms. The van der Waals surface area contributed by atoms with E-state index in [0.29, 0.717) is 11.6 Å². The zero-order valence-electron chi connectivity index (χ0n) is 9.33. The fourth-order valence-electron chi connectivity index (χ4n) is 1.51. The zero-order valence-corrected chi connectivity index (χ0v) is 10.1. The van der Waals surface area contributed by atoms with E-state index in [1.807, 2.05) is 30.8 Å². The third-order valence-electron chi connectivity index (χ3n) is 2.42. The second-order valence-electron chi connectivity index (χ2n) is 3.63. The molecule has 16 heavy (non-hydrogen) atoms. The molecule has 2 rings (SSSR count). The molecule has 4 nitrogen and oxygen atoms in total. The molecule has 0 saturated heterocycles. The van der Waals surface area contributed by atoms with E-state index in [0.717, 1.165) is 23.8 Å². The normalized spacial score (nSPS) is 10.9. The summed E-state index contributed by atoms with van der Waals surface area (Å²) in [5, 5.41) is 7.90. The second kappa shape index (κ2) is 4.72. The molecule has 1 N–H and O–H groups in total. The largest absolute Gasteiger partial charge is 0.463 e. The van der Waals surface area contributed by atoms with E-state index in [1.165, 1.54) is 0 Å². The lowest BCUT2D eigenvalue weighted by Gasteiger charge is -2.01. The van der Waals surface area contributed by atoms with Gasteiger partial charge in [-0.15, -0.1) is 0 Å². The fraction of sp³-hybridized carbons (Fsp3) is 0.364. The van der Waals surface area contributed by atoms with Crippen molar-refractivity contribution >= 4 is 11.6 Å². The highest BCUT2D eigenvalue weighted by atomic mass is 35.5. The van der Waals surface area contributed by atoms with Crippen molar-refractivity contribution in [1.82, 2.24) is 15.1 Å². The lowest BCUT2D eigenvalue weighted by Crippen LogP contribution is -2.04. The summed E-state index contributed by atoms with van der Waals surface area (Å²) in [5.41, 5.74) is 0.952. The number of nitrogens with one attached hydrogen (secondary N) is 1. The molecule has 0 aliphatic carbocycles. The quantitative estimate of drug-likeness (QED) is 0.890. The highest BCUT2D eigenvalue weighted by Gasteiger charge is 2.07. The van der Waals surface area contributed by atoms with Crippen LogP contribution < -0.4 is 5.32 Å². The van der Waals surface area contributed by atoms with Crippen LogP contribution in [0.5, 0.6) is 0 Å². The Morgan fingerprint density at radius 1 is 1.44 bits per heavy atom. The molecule has 0 unspecified atom stereocenters. The second-order valence-corrected chi connectivity index (χ2v) is 4.04. The van der Waals surface area contributed by atoms with Crippen LogP contribution in [0.25, 0.3) is 0 Å². The van der Waals surface area contributed by atoms with Crippen LogP contribution in [0.15, 0.2) is 22.7 Å². The standard InChI is InChI=1S/C11H14ClN3O/c1-8-11(12)6-14-15(8)7-10-4-3-9(16-10)5-13-2/h3-4,6,13H,5,7H2,1-2H3. The fourth-order valence-corrected chi connectivity index (χ4v) is 1.65. The van der Waals surface area contributed by atoms with Gasteiger partial charge in [0.25, 0.3) is 0 Å². The first kappa shape index (κ1) is 11.2. The van der Waals surface area contributed by atoms with Crippen LogP contribution in [0.1, 0.15) is 17.2 Å². The Kier molecular flexibility index (Phi) is 3.31. The van der Waals surface area contributed by atoms with Gasteiger partial charge in [-0.1, -0.05) is 11.6 Å². The minimum Gasteiger partial charge on any atom is -0.463 e. The molecule has 0 saturated carbocycles. The average molecular weight is 240 g/mol. The van der Waals surface area contributed by atoms with E-state index in [1.54, 1.807) is 6.20 Å². The number of hydrogen-bond acceptors (Lipinski definition) is 3. The van der Waals surface area contributed by atoms with Gasteiger partial charge in [0, 0.05) is 0 Å². The molecular formula is C11H14ClN3O. The average Bonchev–Trinajstić information content (AvgIpc) is 2.82. The Balaban J connectivity index is 2.11. The molecule has 0 spiro atoms. The summed E-state index contributed by atoms with van der Waals surface area (Å²) >= 11 is 5.93. The predicted octanol–water partition coefficient (Wildman–Crippen LogP) is 2.21. The van der Waals surface area contributed by atoms with Gasteiger partial charge in [0.2, 0.25) is 0 Å². The van der Waals surface area contributed by atoms with Gasteiger partial charge in [-0.25, -0.2) is 0 Å². The highest BCUT2D eigenvalue weighted by Crippen LogP contribution is 2.16. The molecule has 0 amide bonds. The SMILES string of the molecule is CNCc1ccc(Cn2ncc(Cl)c2C)o1. The molecule has 0 aliphatic heterocycles. The van der Waals surface area contributed by atoms with E-state index in [2.05, 4.69) is 10.4 Å². The maximum absolute atomic E-state index is 5.93. The first-order chi connectivity index (χ1) is 7.70. The van der Waals surface area contributed by atoms with Crippen LogP contribution in [-0.2, 0) is 13.1 Å². The molecule has 0 atom stereocenters. The Morgan fingerprint density at radius 3 is 2.81 bits per heavy atom. The van der Waals surface area contributed by atoms with Gasteiger partial charge in [0.15, 0.2) is 0 Å². The van der Waals surface area contributed by atoms with Gasteiger partial charge < -0.3 is 9.73 Å². The lowest BCUT2D eigenvalue weighted by molar-refractivity contribution is 0.434. The first-order valence-corrected chi connectivity index (χ1v) is 5.48. The summed E-state index contributed by atoms with van der Waals surface area (Å²) in [7, 11) is 1.89. The van der Waals surface area contributed by atoms with Crippen molar-refractivity contribution < 1.29 is 4.42 Å². The third-order valence-corrected chi connectivity index (χ3v) is 2.79. The number of hydrogen-bond donors (Lipinski definition) is 1. The first-order valence-electron chi connectivity index (χ1n) is 5.11. The molecule has 0 bridgehead atoms. The van der Waals surface area contributed by atoms with E-state index < -0.39 is 0 Å². The van der Waals surface area contributed by atoms with Crippen molar-refractivity contribution in [3.63, 3.8) is 0 Å². The van der Waals surface area contributed by atoms with Crippen LogP contribution in [0.3, 0.4) is 0 Å². The van der Waals surface area contributed by atoms with Crippen LogP contribution in [0.2, 0.25) is 5.02 Å². The van der Waals surface area contributed by atoms with Gasteiger partial charge in [0.05, 0.1) is 30.0 Å². The zero-order chi connectivity index (χ0) is 11.5. The number of rotatable bonds is 4. The minimum absolute atomic E-state index is 0.613. The van der Waals surface area contributed by atoms with Crippen LogP contribution in [-0.4, -0.2) is 16.8 Å². The van der Waals surface area contributed by atoms with Crippen molar-refractivity contribution in [2.24, 2.45) is 0 Å². The van der Waals surface area contributed by atoms with E-state index in [-0.39, 0.29) is 0 Å². The van der Waals surface area contributed by atoms with Gasteiger partial charge in [-0.3, -0.25) is 4.68 Å². The van der Waals surface area contributed by atoms with E-state index >= 15 is 0 Å². The monoisotopic (exact) mass is 239 g/mol. The topological polar surface area (TPSA) is 43.0 Å². The molecule has 2 aromatic rings. The maximum Gasteiger partial charge on any atom is 0.125 e. The van der Waals surface area contributed by atoms with Crippen LogP contribution >= 0.6 is 11.6 Å². The Labute approximate surface area is 99.2 Å². The molecule has 0 radical (unpaired) electrons. The van der Waals surface area contributed by atoms with Crippen LogP contribution in [0.4, 0.5) is 0 Å². The van der Waals surface area contributed by atoms with Crippen LogP contribution in [0, 0.1) is 6.92 Å². The summed E-state index contributed by atoms with van der Waals surface area (Å²) in [6.45, 7) is 3.29. The summed E-state index contributed by atoms with van der Waals surface area (Å²) in [6, 6.07) is 3.92. The van der Waals surface area contributed by atoms with Gasteiger partial charge in [-0.2, -0.15) is 5.10 Å². The van der Waals surface area contributed by atoms with Gasteiger partial charge in [-0.05, 0) is 26.1 Å². The number of furan rings is 1. The smallest absolute Gasteiger partial charge is 0.125 e. The minimum atomic E-state index is 0.613. The van der Waals surface area contributed by atoms with Crippen molar-refractivity contribution in [3.8, 4) is 0 Å². The highest BCUT2D eigenvalue weighted by molar-refractivity contribution is 6.31. The molecule has 0 aliphatic rings. The number of nitrogens with zero attached hydrogens (tertiary/aromatic N) is 2. The molecule has 0 fully saturated rings. The lowest BCUT2D eigenvalue weighted by atomic mass is 10.4. The molecule has 2 heterocycles. The van der Waals surface area contributed by atoms with Crippen molar-refractivity contribution in [2.45, 2.75) is 20.0 Å². The van der Waals surface area contributed by atoms with Gasteiger partial charge in [0.1, 0.15) is 11.5 Å². The summed E-state index contributed by atoms with van der Waals surface area (Å²) < 4.78 is 7.45. The van der Waals surface area contributed by atoms with Gasteiger partial charge >= 0.3 is 0 Å². The Morgan fingerprint density at radius 2 is 2.19 bits per heavy atom. The van der Waals surface area contributed by atoms with E-state index in [4.69, 9.17) is 16.0 Å². The Hall–Kier alpha value is -1.26. The molecule has 0 aromatic carbocycles. The Bertz CT molecular complexity index is 475. The number of aromatic nitrogens is 2. The maximum atomic E-state index is 5.93. The molecule has 2 aromatic heterocycles. The summed E-state index contributed by atoms with van der Waals surface area (Å²) in [5.74, 6) is 1.81. The predicted molar refractivity (Wildman–Crippen MR) is 62.5 cm³/mol. The summed E-state index contributed by atoms with van der Waals surface area (Å²) in [4.78, 5) is 0. The van der Waals surface area contributed by atoms with Crippen molar-refractivity contribution in [1.29, 1.82) is 0 Å². The third kappa shape index (κ3) is 2.28. The molecular weight excluding hydrogens is 226 g/mol. The summed E-state index contributed by atoms with van der Waals surface area (Å²) in [6.07, 6.45) is 1.65. The van der Waals surface area contributed by atoms with Crippen molar-refractivity contribution in [2.75, 3.05) is 7.05 Å². The van der Waals surface area contributed by atoms with E-state index in [9.17, 15) is 0 Å². The van der Waals surface area contributed by atoms with Crippen molar-refractivity contribution in [3.05, 3.63) is 40.6 Å². The molecule has 86 valence electrons.